The van der Waals surface area contributed by atoms with E-state index in [9.17, 15) is 20.0 Å². The Kier molecular flexibility index (Phi) is 7.77. The quantitative estimate of drug-likeness (QED) is 0.464. The molecular formula is C15H21ClN2O5. The van der Waals surface area contributed by atoms with Crippen molar-refractivity contribution in [2.75, 3.05) is 19.7 Å². The smallest absolute Gasteiger partial charge is 0.320 e. The molecule has 1 unspecified atom stereocenters. The zero-order valence-corrected chi connectivity index (χ0v) is 13.5. The molecule has 0 saturated carbocycles. The van der Waals surface area contributed by atoms with Crippen LogP contribution >= 0.6 is 12.4 Å². The van der Waals surface area contributed by atoms with Crippen LogP contribution in [-0.4, -0.2) is 46.6 Å². The first kappa shape index (κ1) is 19.2. The number of benzene rings is 1. The minimum atomic E-state index is -0.754. The second-order valence-electron chi connectivity index (χ2n) is 5.34. The first-order valence-electron chi connectivity index (χ1n) is 7.42. The largest absolute Gasteiger partial charge is 0.494 e. The Balaban J connectivity index is 0.00000264. The molecule has 2 rings (SSSR count). The number of carboxylic acids is 1. The highest BCUT2D eigenvalue weighted by Gasteiger charge is 2.27. The molecule has 0 radical (unpaired) electrons. The molecule has 128 valence electrons. The number of rotatable bonds is 7. The number of non-ortho nitro benzene ring substituents is 1. The summed E-state index contributed by atoms with van der Waals surface area (Å²) in [5.74, 6) is -0.171. The van der Waals surface area contributed by atoms with E-state index in [1.165, 1.54) is 12.1 Å². The van der Waals surface area contributed by atoms with Crippen molar-refractivity contribution in [3.63, 3.8) is 0 Å². The van der Waals surface area contributed by atoms with Gasteiger partial charge in [-0.1, -0.05) is 6.42 Å². The van der Waals surface area contributed by atoms with Gasteiger partial charge in [-0.05, 0) is 37.9 Å². The SMILES string of the molecule is Cl.O=C(O)C1CCCCN1CCCOc1ccc([N+](=O)[O-])cc1. The molecule has 23 heavy (non-hydrogen) atoms. The van der Waals surface area contributed by atoms with E-state index in [2.05, 4.69) is 0 Å². The maximum Gasteiger partial charge on any atom is 0.320 e. The Labute approximate surface area is 140 Å². The number of carbonyl (C=O) groups is 1. The zero-order chi connectivity index (χ0) is 15.9. The molecule has 1 fully saturated rings. The minimum Gasteiger partial charge on any atom is -0.494 e. The Morgan fingerprint density at radius 1 is 1.35 bits per heavy atom. The van der Waals surface area contributed by atoms with Crippen molar-refractivity contribution in [1.82, 2.24) is 4.90 Å². The summed E-state index contributed by atoms with van der Waals surface area (Å²) >= 11 is 0. The third-order valence-electron chi connectivity index (χ3n) is 3.80. The summed E-state index contributed by atoms with van der Waals surface area (Å²) in [4.78, 5) is 23.3. The Morgan fingerprint density at radius 2 is 2.04 bits per heavy atom. The van der Waals surface area contributed by atoms with Crippen LogP contribution in [0.1, 0.15) is 25.7 Å². The molecule has 0 spiro atoms. The normalized spacial score (nSPS) is 18.0. The topological polar surface area (TPSA) is 92.9 Å². The van der Waals surface area contributed by atoms with E-state index < -0.39 is 10.9 Å². The molecule has 1 aromatic rings. The van der Waals surface area contributed by atoms with Crippen molar-refractivity contribution in [2.24, 2.45) is 0 Å². The summed E-state index contributed by atoms with van der Waals surface area (Å²) in [5.41, 5.74) is 0.0324. The Bertz CT molecular complexity index is 523. The third kappa shape index (κ3) is 5.69. The number of halogens is 1. The van der Waals surface area contributed by atoms with Crippen LogP contribution in [0.25, 0.3) is 0 Å². The second kappa shape index (κ2) is 9.32. The summed E-state index contributed by atoms with van der Waals surface area (Å²) in [5, 5.41) is 19.7. The standard InChI is InChI=1S/C15H20N2O5.ClH/c18-15(19)14-4-1-2-9-16(14)10-3-11-22-13-7-5-12(6-8-13)17(20)21;/h5-8,14H,1-4,9-11H2,(H,18,19);1H. The van der Waals surface area contributed by atoms with Gasteiger partial charge in [0, 0.05) is 18.7 Å². The maximum atomic E-state index is 11.2. The average Bonchev–Trinajstić information content (AvgIpc) is 2.52. The number of likely N-dealkylation sites (tertiary alicyclic amines) is 1. The Morgan fingerprint density at radius 3 is 2.65 bits per heavy atom. The van der Waals surface area contributed by atoms with E-state index in [1.54, 1.807) is 12.1 Å². The number of nitro groups is 1. The zero-order valence-electron chi connectivity index (χ0n) is 12.7. The molecule has 0 amide bonds. The molecular weight excluding hydrogens is 324 g/mol. The van der Waals surface area contributed by atoms with E-state index in [-0.39, 0.29) is 24.1 Å². The number of hydrogen-bond donors (Lipinski definition) is 1. The Hall–Kier alpha value is -1.86. The van der Waals surface area contributed by atoms with Gasteiger partial charge in [-0.3, -0.25) is 19.8 Å². The fourth-order valence-corrected chi connectivity index (χ4v) is 2.66. The van der Waals surface area contributed by atoms with Crippen LogP contribution < -0.4 is 4.74 Å². The lowest BCUT2D eigenvalue weighted by Gasteiger charge is -2.32. The summed E-state index contributed by atoms with van der Waals surface area (Å²) in [6.45, 7) is 1.96. The molecule has 1 heterocycles. The summed E-state index contributed by atoms with van der Waals surface area (Å²) in [7, 11) is 0. The number of piperidine rings is 1. The molecule has 1 atom stereocenters. The van der Waals surface area contributed by atoms with Gasteiger partial charge < -0.3 is 9.84 Å². The summed E-state index contributed by atoms with van der Waals surface area (Å²) in [6.07, 6.45) is 3.43. The lowest BCUT2D eigenvalue weighted by Crippen LogP contribution is -2.45. The fraction of sp³-hybridized carbons (Fsp3) is 0.533. The monoisotopic (exact) mass is 344 g/mol. The molecule has 8 heteroatoms. The van der Waals surface area contributed by atoms with Gasteiger partial charge in [-0.15, -0.1) is 12.4 Å². The van der Waals surface area contributed by atoms with E-state index >= 15 is 0 Å². The van der Waals surface area contributed by atoms with Crippen LogP contribution in [0.5, 0.6) is 5.75 Å². The molecule has 0 bridgehead atoms. The van der Waals surface area contributed by atoms with E-state index in [4.69, 9.17) is 4.74 Å². The molecule has 7 nitrogen and oxygen atoms in total. The van der Waals surface area contributed by atoms with Crippen molar-refractivity contribution in [2.45, 2.75) is 31.7 Å². The molecule has 1 aliphatic rings. The maximum absolute atomic E-state index is 11.2. The van der Waals surface area contributed by atoms with Crippen LogP contribution in [0.15, 0.2) is 24.3 Å². The van der Waals surface area contributed by atoms with Crippen molar-refractivity contribution >= 4 is 24.1 Å². The van der Waals surface area contributed by atoms with Crippen molar-refractivity contribution in [3.05, 3.63) is 34.4 Å². The third-order valence-corrected chi connectivity index (χ3v) is 3.80. The predicted octanol–water partition coefficient (Wildman–Crippen LogP) is 2.72. The first-order valence-corrected chi connectivity index (χ1v) is 7.42. The van der Waals surface area contributed by atoms with Gasteiger partial charge in [0.2, 0.25) is 0 Å². The number of aliphatic carboxylic acids is 1. The van der Waals surface area contributed by atoms with Gasteiger partial charge in [0.1, 0.15) is 11.8 Å². The number of ether oxygens (including phenoxy) is 1. The highest BCUT2D eigenvalue weighted by Crippen LogP contribution is 2.19. The van der Waals surface area contributed by atoms with Crippen molar-refractivity contribution in [1.29, 1.82) is 0 Å². The number of hydrogen-bond acceptors (Lipinski definition) is 5. The van der Waals surface area contributed by atoms with E-state index in [0.717, 1.165) is 25.8 Å². The van der Waals surface area contributed by atoms with Crippen LogP contribution in [-0.2, 0) is 4.79 Å². The van der Waals surface area contributed by atoms with Crippen LogP contribution in [0.2, 0.25) is 0 Å². The first-order chi connectivity index (χ1) is 10.6. The van der Waals surface area contributed by atoms with Crippen LogP contribution in [0.3, 0.4) is 0 Å². The molecule has 0 aromatic heterocycles. The summed E-state index contributed by atoms with van der Waals surface area (Å²) in [6, 6.07) is 5.56. The minimum absolute atomic E-state index is 0. The lowest BCUT2D eigenvalue weighted by molar-refractivity contribution is -0.384. The van der Waals surface area contributed by atoms with Gasteiger partial charge in [-0.25, -0.2) is 0 Å². The van der Waals surface area contributed by atoms with E-state index in [1.807, 2.05) is 4.90 Å². The second-order valence-corrected chi connectivity index (χ2v) is 5.34. The summed E-state index contributed by atoms with van der Waals surface area (Å²) < 4.78 is 5.53. The molecule has 1 aliphatic heterocycles. The average molecular weight is 345 g/mol. The lowest BCUT2D eigenvalue weighted by atomic mass is 10.0. The van der Waals surface area contributed by atoms with Crippen LogP contribution in [0, 0.1) is 10.1 Å². The van der Waals surface area contributed by atoms with Gasteiger partial charge in [0.25, 0.3) is 5.69 Å². The van der Waals surface area contributed by atoms with Gasteiger partial charge >= 0.3 is 5.97 Å². The number of nitro benzene ring substituents is 1. The van der Waals surface area contributed by atoms with Crippen LogP contribution in [0.4, 0.5) is 5.69 Å². The van der Waals surface area contributed by atoms with Crippen molar-refractivity contribution < 1.29 is 19.6 Å². The number of carboxylic acid groups (broad SMARTS) is 1. The van der Waals surface area contributed by atoms with Gasteiger partial charge in [-0.2, -0.15) is 0 Å². The fourth-order valence-electron chi connectivity index (χ4n) is 2.66. The molecule has 1 saturated heterocycles. The predicted molar refractivity (Wildman–Crippen MR) is 87.3 cm³/mol. The highest BCUT2D eigenvalue weighted by atomic mass is 35.5. The van der Waals surface area contributed by atoms with E-state index in [0.29, 0.717) is 25.3 Å². The van der Waals surface area contributed by atoms with Gasteiger partial charge in [0.05, 0.1) is 11.5 Å². The molecule has 1 aromatic carbocycles. The van der Waals surface area contributed by atoms with Crippen molar-refractivity contribution in [3.8, 4) is 5.75 Å². The molecule has 1 N–H and O–H groups in total. The highest BCUT2D eigenvalue weighted by molar-refractivity contribution is 5.85. The number of nitrogens with zero attached hydrogens (tertiary/aromatic N) is 2. The van der Waals surface area contributed by atoms with Gasteiger partial charge in [0.15, 0.2) is 0 Å². The molecule has 0 aliphatic carbocycles.